The fourth-order valence-electron chi connectivity index (χ4n) is 2.40. The first kappa shape index (κ1) is 12.2. The zero-order valence-corrected chi connectivity index (χ0v) is 11.0. The molecular formula is C14H22N2O. The normalized spacial score (nSPS) is 21.1. The second kappa shape index (κ2) is 5.41. The molecule has 94 valence electrons. The van der Waals surface area contributed by atoms with E-state index in [0.29, 0.717) is 6.04 Å². The summed E-state index contributed by atoms with van der Waals surface area (Å²) in [6.45, 7) is 7.63. The van der Waals surface area contributed by atoms with Crippen molar-refractivity contribution in [3.8, 4) is 5.75 Å². The number of aryl methyl sites for hydroxylation is 1. The van der Waals surface area contributed by atoms with Crippen molar-refractivity contribution in [3.63, 3.8) is 0 Å². The SMILES string of the molecule is COc1ccc(C)cc1N1CCCNCC1C. The smallest absolute Gasteiger partial charge is 0.142 e. The summed E-state index contributed by atoms with van der Waals surface area (Å²) < 4.78 is 5.48. The van der Waals surface area contributed by atoms with E-state index in [2.05, 4.69) is 42.3 Å². The molecule has 1 atom stereocenters. The summed E-state index contributed by atoms with van der Waals surface area (Å²) in [5, 5.41) is 3.47. The Balaban J connectivity index is 2.32. The van der Waals surface area contributed by atoms with Crippen LogP contribution in [0.2, 0.25) is 0 Å². The third-order valence-electron chi connectivity index (χ3n) is 3.37. The van der Waals surface area contributed by atoms with Crippen LogP contribution in [0, 0.1) is 6.92 Å². The number of hydrogen-bond acceptors (Lipinski definition) is 3. The van der Waals surface area contributed by atoms with Crippen molar-refractivity contribution in [1.82, 2.24) is 5.32 Å². The fourth-order valence-corrected chi connectivity index (χ4v) is 2.40. The third kappa shape index (κ3) is 2.72. The van der Waals surface area contributed by atoms with Crippen LogP contribution in [-0.4, -0.2) is 32.8 Å². The molecule has 1 saturated heterocycles. The molecule has 0 aliphatic carbocycles. The maximum Gasteiger partial charge on any atom is 0.142 e. The lowest BCUT2D eigenvalue weighted by Crippen LogP contribution is -2.37. The standard InChI is InChI=1S/C14H22N2O/c1-11-5-6-14(17-3)13(9-11)16-8-4-7-15-10-12(16)2/h5-6,9,12,15H,4,7-8,10H2,1-3H3. The van der Waals surface area contributed by atoms with Gasteiger partial charge in [-0.25, -0.2) is 0 Å². The molecule has 1 unspecified atom stereocenters. The molecule has 3 heteroatoms. The van der Waals surface area contributed by atoms with Crippen LogP contribution in [0.5, 0.6) is 5.75 Å². The van der Waals surface area contributed by atoms with Crippen molar-refractivity contribution < 1.29 is 4.74 Å². The predicted octanol–water partition coefficient (Wildman–Crippen LogP) is 2.19. The maximum absolute atomic E-state index is 5.48. The number of anilines is 1. The summed E-state index contributed by atoms with van der Waals surface area (Å²) in [7, 11) is 1.74. The topological polar surface area (TPSA) is 24.5 Å². The molecule has 1 fully saturated rings. The Kier molecular flexibility index (Phi) is 3.89. The second-order valence-corrected chi connectivity index (χ2v) is 4.78. The fraction of sp³-hybridized carbons (Fsp3) is 0.571. The summed E-state index contributed by atoms with van der Waals surface area (Å²) in [6.07, 6.45) is 1.18. The molecule has 0 radical (unpaired) electrons. The minimum atomic E-state index is 0.508. The second-order valence-electron chi connectivity index (χ2n) is 4.78. The first-order chi connectivity index (χ1) is 8.22. The van der Waals surface area contributed by atoms with E-state index in [1.165, 1.54) is 17.7 Å². The molecule has 1 aliphatic heterocycles. The average molecular weight is 234 g/mol. The van der Waals surface area contributed by atoms with Crippen molar-refractivity contribution in [2.24, 2.45) is 0 Å². The van der Waals surface area contributed by atoms with E-state index in [4.69, 9.17) is 4.74 Å². The van der Waals surface area contributed by atoms with Gasteiger partial charge in [0.1, 0.15) is 5.75 Å². The van der Waals surface area contributed by atoms with Crippen molar-refractivity contribution >= 4 is 5.69 Å². The average Bonchev–Trinajstić information content (AvgIpc) is 2.54. The number of hydrogen-bond donors (Lipinski definition) is 1. The van der Waals surface area contributed by atoms with E-state index in [9.17, 15) is 0 Å². The Morgan fingerprint density at radius 2 is 2.24 bits per heavy atom. The van der Waals surface area contributed by atoms with E-state index in [-0.39, 0.29) is 0 Å². The number of ether oxygens (including phenoxy) is 1. The van der Waals surface area contributed by atoms with E-state index >= 15 is 0 Å². The lowest BCUT2D eigenvalue weighted by atomic mass is 10.1. The van der Waals surface area contributed by atoms with Crippen LogP contribution in [0.15, 0.2) is 18.2 Å². The molecule has 1 aromatic carbocycles. The van der Waals surface area contributed by atoms with Gasteiger partial charge < -0.3 is 15.0 Å². The highest BCUT2D eigenvalue weighted by Crippen LogP contribution is 2.31. The van der Waals surface area contributed by atoms with Gasteiger partial charge >= 0.3 is 0 Å². The highest BCUT2D eigenvalue weighted by molar-refractivity contribution is 5.60. The number of rotatable bonds is 2. The van der Waals surface area contributed by atoms with E-state index in [1.807, 2.05) is 0 Å². The van der Waals surface area contributed by atoms with Gasteiger partial charge in [-0.1, -0.05) is 6.07 Å². The first-order valence-corrected chi connectivity index (χ1v) is 6.34. The van der Waals surface area contributed by atoms with Crippen molar-refractivity contribution in [2.75, 3.05) is 31.6 Å². The molecule has 0 bridgehead atoms. The van der Waals surface area contributed by atoms with Crippen LogP contribution >= 0.6 is 0 Å². The van der Waals surface area contributed by atoms with Crippen molar-refractivity contribution in [3.05, 3.63) is 23.8 Å². The van der Waals surface area contributed by atoms with Gasteiger partial charge in [0.25, 0.3) is 0 Å². The molecule has 1 aliphatic rings. The third-order valence-corrected chi connectivity index (χ3v) is 3.37. The van der Waals surface area contributed by atoms with Crippen LogP contribution in [0.4, 0.5) is 5.69 Å². The molecule has 1 N–H and O–H groups in total. The molecule has 0 amide bonds. The zero-order chi connectivity index (χ0) is 12.3. The van der Waals surface area contributed by atoms with Crippen LogP contribution in [-0.2, 0) is 0 Å². The summed E-state index contributed by atoms with van der Waals surface area (Å²) in [5.74, 6) is 0.976. The molecule has 0 spiro atoms. The lowest BCUT2D eigenvalue weighted by Gasteiger charge is -2.30. The lowest BCUT2D eigenvalue weighted by molar-refractivity contribution is 0.413. The molecule has 1 aromatic rings. The summed E-state index contributed by atoms with van der Waals surface area (Å²) in [5.41, 5.74) is 2.51. The van der Waals surface area contributed by atoms with Crippen LogP contribution in [0.1, 0.15) is 18.9 Å². The minimum Gasteiger partial charge on any atom is -0.495 e. The monoisotopic (exact) mass is 234 g/mol. The number of benzene rings is 1. The summed E-state index contributed by atoms with van der Waals surface area (Å²) >= 11 is 0. The molecule has 3 nitrogen and oxygen atoms in total. The van der Waals surface area contributed by atoms with E-state index < -0.39 is 0 Å². The molecule has 17 heavy (non-hydrogen) atoms. The molecule has 0 saturated carbocycles. The maximum atomic E-state index is 5.48. The Morgan fingerprint density at radius 1 is 1.41 bits per heavy atom. The van der Waals surface area contributed by atoms with Gasteiger partial charge in [-0.2, -0.15) is 0 Å². The largest absolute Gasteiger partial charge is 0.495 e. The van der Waals surface area contributed by atoms with Gasteiger partial charge in [-0.3, -0.25) is 0 Å². The van der Waals surface area contributed by atoms with E-state index in [1.54, 1.807) is 7.11 Å². The van der Waals surface area contributed by atoms with Crippen molar-refractivity contribution in [1.29, 1.82) is 0 Å². The highest BCUT2D eigenvalue weighted by Gasteiger charge is 2.19. The van der Waals surface area contributed by atoms with E-state index in [0.717, 1.165) is 25.4 Å². The first-order valence-electron chi connectivity index (χ1n) is 6.34. The van der Waals surface area contributed by atoms with Crippen LogP contribution in [0.25, 0.3) is 0 Å². The zero-order valence-electron chi connectivity index (χ0n) is 11.0. The molecular weight excluding hydrogens is 212 g/mol. The van der Waals surface area contributed by atoms with Gasteiger partial charge in [-0.15, -0.1) is 0 Å². The Bertz CT molecular complexity index is 378. The van der Waals surface area contributed by atoms with Crippen LogP contribution in [0.3, 0.4) is 0 Å². The minimum absolute atomic E-state index is 0.508. The quantitative estimate of drug-likeness (QED) is 0.849. The number of methoxy groups -OCH3 is 1. The van der Waals surface area contributed by atoms with Gasteiger partial charge in [0.15, 0.2) is 0 Å². The summed E-state index contributed by atoms with van der Waals surface area (Å²) in [4.78, 5) is 2.45. The van der Waals surface area contributed by atoms with Crippen molar-refractivity contribution in [2.45, 2.75) is 26.3 Å². The van der Waals surface area contributed by atoms with Gasteiger partial charge in [-0.05, 0) is 44.5 Å². The molecule has 0 aromatic heterocycles. The van der Waals surface area contributed by atoms with Crippen LogP contribution < -0.4 is 15.0 Å². The number of nitrogens with one attached hydrogen (secondary N) is 1. The Labute approximate surface area is 104 Å². The van der Waals surface area contributed by atoms with Gasteiger partial charge in [0, 0.05) is 19.1 Å². The highest BCUT2D eigenvalue weighted by atomic mass is 16.5. The predicted molar refractivity (Wildman–Crippen MR) is 72.0 cm³/mol. The Morgan fingerprint density at radius 3 is 3.00 bits per heavy atom. The van der Waals surface area contributed by atoms with Gasteiger partial charge in [0.2, 0.25) is 0 Å². The molecule has 2 rings (SSSR count). The van der Waals surface area contributed by atoms with Gasteiger partial charge in [0.05, 0.1) is 12.8 Å². The summed E-state index contributed by atoms with van der Waals surface area (Å²) in [6, 6.07) is 6.90. The molecule has 1 heterocycles. The Hall–Kier alpha value is -1.22. The number of nitrogens with zero attached hydrogens (tertiary/aromatic N) is 1.